The summed E-state index contributed by atoms with van der Waals surface area (Å²) in [5.74, 6) is 0.787. The zero-order valence-electron chi connectivity index (χ0n) is 10.5. The van der Waals surface area contributed by atoms with Gasteiger partial charge in [0.1, 0.15) is 0 Å². The number of thiophene rings is 1. The molecule has 17 heavy (non-hydrogen) atoms. The number of fused-ring (bicyclic) bond motifs is 1. The molecule has 1 aromatic heterocycles. The Hall–Kier alpha value is -0.870. The minimum absolute atomic E-state index is 0.0370. The van der Waals surface area contributed by atoms with Crippen molar-refractivity contribution in [3.8, 4) is 0 Å². The molecule has 94 valence electrons. The molecule has 0 bridgehead atoms. The van der Waals surface area contributed by atoms with Gasteiger partial charge in [-0.2, -0.15) is 0 Å². The Kier molecular flexibility index (Phi) is 3.84. The summed E-state index contributed by atoms with van der Waals surface area (Å²) in [7, 11) is 0. The lowest BCUT2D eigenvalue weighted by Gasteiger charge is -2.19. The van der Waals surface area contributed by atoms with Gasteiger partial charge < -0.3 is 11.1 Å². The van der Waals surface area contributed by atoms with Crippen LogP contribution >= 0.6 is 11.3 Å². The van der Waals surface area contributed by atoms with Crippen LogP contribution in [-0.2, 0) is 12.8 Å². The van der Waals surface area contributed by atoms with Crippen LogP contribution in [0.15, 0.2) is 5.38 Å². The molecule has 0 saturated heterocycles. The highest BCUT2D eigenvalue weighted by Crippen LogP contribution is 2.32. The molecule has 0 aromatic carbocycles. The summed E-state index contributed by atoms with van der Waals surface area (Å²) in [5.41, 5.74) is 7.66. The molecule has 2 atom stereocenters. The second-order valence-corrected chi connectivity index (χ2v) is 5.97. The largest absolute Gasteiger partial charge is 0.348 e. The highest BCUT2D eigenvalue weighted by molar-refractivity contribution is 7.10. The Bertz CT molecular complexity index is 414. The van der Waals surface area contributed by atoms with Gasteiger partial charge in [-0.05, 0) is 37.7 Å². The van der Waals surface area contributed by atoms with E-state index in [4.69, 9.17) is 5.73 Å². The average Bonchev–Trinajstić information content (AvgIpc) is 2.71. The summed E-state index contributed by atoms with van der Waals surface area (Å²) in [6.45, 7) is 4.69. The first kappa shape index (κ1) is 12.6. The predicted octanol–water partition coefficient (Wildman–Crippen LogP) is 1.95. The third-order valence-electron chi connectivity index (χ3n) is 3.38. The van der Waals surface area contributed by atoms with Crippen LogP contribution in [0.4, 0.5) is 0 Å². The minimum Gasteiger partial charge on any atom is -0.348 e. The summed E-state index contributed by atoms with van der Waals surface area (Å²) >= 11 is 1.73. The monoisotopic (exact) mass is 252 g/mol. The van der Waals surface area contributed by atoms with E-state index in [0.29, 0.717) is 6.54 Å². The number of hydrogen-bond acceptors (Lipinski definition) is 3. The Morgan fingerprint density at radius 3 is 3.18 bits per heavy atom. The molecule has 4 heteroatoms. The maximum absolute atomic E-state index is 12.1. The molecule has 0 radical (unpaired) electrons. The fourth-order valence-corrected chi connectivity index (χ4v) is 3.47. The Morgan fingerprint density at radius 2 is 2.47 bits per heavy atom. The molecule has 3 N–H and O–H groups in total. The van der Waals surface area contributed by atoms with E-state index in [0.717, 1.165) is 24.3 Å². The second-order valence-electron chi connectivity index (χ2n) is 5.01. The summed E-state index contributed by atoms with van der Waals surface area (Å²) in [6.07, 6.45) is 3.36. The van der Waals surface area contributed by atoms with Gasteiger partial charge in [-0.25, -0.2) is 0 Å². The molecule has 1 aliphatic rings. The van der Waals surface area contributed by atoms with Crippen molar-refractivity contribution in [3.63, 3.8) is 0 Å². The van der Waals surface area contributed by atoms with Gasteiger partial charge in [0.25, 0.3) is 5.91 Å². The molecule has 0 saturated carbocycles. The fraction of sp³-hybridized carbons (Fsp3) is 0.615. The predicted molar refractivity (Wildman–Crippen MR) is 71.5 cm³/mol. The van der Waals surface area contributed by atoms with Gasteiger partial charge in [0.05, 0.1) is 5.56 Å². The molecule has 2 rings (SSSR count). The van der Waals surface area contributed by atoms with E-state index < -0.39 is 0 Å². The van der Waals surface area contributed by atoms with Gasteiger partial charge in [0.15, 0.2) is 0 Å². The second kappa shape index (κ2) is 5.19. The van der Waals surface area contributed by atoms with E-state index in [-0.39, 0.29) is 11.9 Å². The third-order valence-corrected chi connectivity index (χ3v) is 4.43. The molecule has 1 aliphatic carbocycles. The molecule has 0 aliphatic heterocycles. The van der Waals surface area contributed by atoms with Crippen LogP contribution in [0.25, 0.3) is 0 Å². The van der Waals surface area contributed by atoms with Gasteiger partial charge in [-0.3, -0.25) is 4.79 Å². The molecule has 3 nitrogen and oxygen atoms in total. The first-order valence-corrected chi connectivity index (χ1v) is 7.10. The lowest BCUT2D eigenvalue weighted by atomic mass is 9.88. The zero-order valence-corrected chi connectivity index (χ0v) is 11.3. The molecule has 0 fully saturated rings. The van der Waals surface area contributed by atoms with E-state index in [1.165, 1.54) is 16.9 Å². The third kappa shape index (κ3) is 2.69. The zero-order chi connectivity index (χ0) is 12.4. The Labute approximate surface area is 106 Å². The van der Waals surface area contributed by atoms with Gasteiger partial charge >= 0.3 is 0 Å². The van der Waals surface area contributed by atoms with Gasteiger partial charge in [0, 0.05) is 22.8 Å². The molecule has 1 heterocycles. The number of carbonyl (C=O) groups is 1. The van der Waals surface area contributed by atoms with Crippen LogP contribution in [0.2, 0.25) is 0 Å². The van der Waals surface area contributed by atoms with Crippen molar-refractivity contribution in [1.82, 2.24) is 5.32 Å². The molecule has 0 spiro atoms. The highest BCUT2D eigenvalue weighted by Gasteiger charge is 2.23. The van der Waals surface area contributed by atoms with Crippen molar-refractivity contribution in [2.45, 2.75) is 39.2 Å². The number of rotatable bonds is 3. The van der Waals surface area contributed by atoms with E-state index in [9.17, 15) is 4.79 Å². The topological polar surface area (TPSA) is 55.1 Å². The van der Waals surface area contributed by atoms with E-state index in [1.54, 1.807) is 11.3 Å². The SMILES string of the molecule is CC1CCc2c(C(=O)N[C@@H](C)CN)csc2C1. The van der Waals surface area contributed by atoms with E-state index >= 15 is 0 Å². The van der Waals surface area contributed by atoms with Crippen LogP contribution in [0.1, 0.15) is 41.1 Å². The number of carbonyl (C=O) groups excluding carboxylic acids is 1. The van der Waals surface area contributed by atoms with Gasteiger partial charge in [-0.15, -0.1) is 11.3 Å². The molecular weight excluding hydrogens is 232 g/mol. The van der Waals surface area contributed by atoms with Crippen LogP contribution in [0, 0.1) is 5.92 Å². The molecule has 1 unspecified atom stereocenters. The molecule has 1 aromatic rings. The highest BCUT2D eigenvalue weighted by atomic mass is 32.1. The van der Waals surface area contributed by atoms with Crippen LogP contribution < -0.4 is 11.1 Å². The first-order chi connectivity index (χ1) is 8.11. The minimum atomic E-state index is 0.0370. The number of nitrogens with two attached hydrogens (primary N) is 1. The van der Waals surface area contributed by atoms with Crippen LogP contribution in [0.5, 0.6) is 0 Å². The number of hydrogen-bond donors (Lipinski definition) is 2. The molecule has 1 amide bonds. The van der Waals surface area contributed by atoms with Crippen molar-refractivity contribution in [1.29, 1.82) is 0 Å². The maximum Gasteiger partial charge on any atom is 0.252 e. The van der Waals surface area contributed by atoms with Crippen molar-refractivity contribution < 1.29 is 4.79 Å². The number of amides is 1. The summed E-state index contributed by atoms with van der Waals surface area (Å²) in [4.78, 5) is 13.5. The van der Waals surface area contributed by atoms with Crippen LogP contribution in [0.3, 0.4) is 0 Å². The van der Waals surface area contributed by atoms with E-state index in [2.05, 4.69) is 12.2 Å². The lowest BCUT2D eigenvalue weighted by molar-refractivity contribution is 0.0940. The first-order valence-electron chi connectivity index (χ1n) is 6.22. The summed E-state index contributed by atoms with van der Waals surface area (Å²) < 4.78 is 0. The van der Waals surface area contributed by atoms with Gasteiger partial charge in [-0.1, -0.05) is 6.92 Å². The van der Waals surface area contributed by atoms with Crippen LogP contribution in [-0.4, -0.2) is 18.5 Å². The van der Waals surface area contributed by atoms with Crippen molar-refractivity contribution in [3.05, 3.63) is 21.4 Å². The summed E-state index contributed by atoms with van der Waals surface area (Å²) in [6, 6.07) is 0.0422. The van der Waals surface area contributed by atoms with Crippen molar-refractivity contribution in [2.75, 3.05) is 6.54 Å². The smallest absolute Gasteiger partial charge is 0.252 e. The summed E-state index contributed by atoms with van der Waals surface area (Å²) in [5, 5.41) is 4.94. The molecular formula is C13H20N2OS. The van der Waals surface area contributed by atoms with Crippen molar-refractivity contribution >= 4 is 17.2 Å². The Balaban J connectivity index is 2.14. The lowest BCUT2D eigenvalue weighted by Crippen LogP contribution is -2.38. The quantitative estimate of drug-likeness (QED) is 0.864. The average molecular weight is 252 g/mol. The van der Waals surface area contributed by atoms with Gasteiger partial charge in [0.2, 0.25) is 0 Å². The standard InChI is InChI=1S/C13H20N2OS/c1-8-3-4-10-11(7-17-12(10)5-8)13(16)15-9(2)6-14/h7-9H,3-6,14H2,1-2H3,(H,15,16)/t8?,9-/m0/s1. The van der Waals surface area contributed by atoms with E-state index in [1.807, 2.05) is 12.3 Å². The Morgan fingerprint density at radius 1 is 1.71 bits per heavy atom. The number of nitrogens with one attached hydrogen (secondary N) is 1. The van der Waals surface area contributed by atoms with Crippen molar-refractivity contribution in [2.24, 2.45) is 11.7 Å². The maximum atomic E-state index is 12.1. The normalized spacial score (nSPS) is 20.8. The fourth-order valence-electron chi connectivity index (χ4n) is 2.23.